The molecule has 1 fully saturated rings. The smallest absolute Gasteiger partial charge is 0.119 e. The van der Waals surface area contributed by atoms with Gasteiger partial charge in [0.1, 0.15) is 5.75 Å². The average molecular weight is 344 g/mol. The molecule has 2 unspecified atom stereocenters. The van der Waals surface area contributed by atoms with Gasteiger partial charge >= 0.3 is 0 Å². The minimum absolute atomic E-state index is 0.573. The fourth-order valence-corrected chi connectivity index (χ4v) is 4.36. The molecule has 1 aromatic carbocycles. The summed E-state index contributed by atoms with van der Waals surface area (Å²) >= 11 is 5.74. The Hall–Kier alpha value is -0.190. The Kier molecular flexibility index (Phi) is 6.05. The molecule has 1 heterocycles. The number of benzene rings is 1. The Morgan fingerprint density at radius 3 is 3.00 bits per heavy atom. The van der Waals surface area contributed by atoms with E-state index in [2.05, 4.69) is 52.1 Å². The van der Waals surface area contributed by atoms with Crippen LogP contribution in [-0.2, 0) is 6.42 Å². The van der Waals surface area contributed by atoms with Gasteiger partial charge in [-0.25, -0.2) is 0 Å². The molecule has 0 bridgehead atoms. The fraction of sp³-hybridized carbons (Fsp3) is 0.600. The van der Waals surface area contributed by atoms with Crippen molar-refractivity contribution < 1.29 is 4.74 Å². The first-order chi connectivity index (χ1) is 9.24. The zero-order valence-corrected chi connectivity index (χ0v) is 14.0. The Balaban J connectivity index is 2.11. The van der Waals surface area contributed by atoms with Crippen molar-refractivity contribution >= 4 is 27.7 Å². The Bertz CT molecular complexity index is 407. The van der Waals surface area contributed by atoms with Crippen molar-refractivity contribution in [3.63, 3.8) is 0 Å². The molecule has 2 atom stereocenters. The van der Waals surface area contributed by atoms with E-state index in [9.17, 15) is 0 Å². The van der Waals surface area contributed by atoms with E-state index >= 15 is 0 Å². The van der Waals surface area contributed by atoms with Crippen molar-refractivity contribution in [2.24, 2.45) is 5.92 Å². The third kappa shape index (κ3) is 4.14. The highest BCUT2D eigenvalue weighted by atomic mass is 79.9. The van der Waals surface area contributed by atoms with Crippen molar-refractivity contribution in [1.29, 1.82) is 0 Å². The van der Waals surface area contributed by atoms with Gasteiger partial charge in [-0.1, -0.05) is 22.9 Å². The molecule has 0 amide bonds. The molecule has 2 rings (SSSR count). The monoisotopic (exact) mass is 343 g/mol. The quantitative estimate of drug-likeness (QED) is 0.850. The number of methoxy groups -OCH3 is 1. The van der Waals surface area contributed by atoms with Gasteiger partial charge in [-0.05, 0) is 60.6 Å². The Morgan fingerprint density at radius 2 is 2.37 bits per heavy atom. The maximum Gasteiger partial charge on any atom is 0.119 e. The molecule has 0 radical (unpaired) electrons. The zero-order chi connectivity index (χ0) is 13.7. The van der Waals surface area contributed by atoms with E-state index in [-0.39, 0.29) is 0 Å². The highest BCUT2D eigenvalue weighted by molar-refractivity contribution is 9.10. The van der Waals surface area contributed by atoms with Crippen LogP contribution in [0.15, 0.2) is 22.7 Å². The van der Waals surface area contributed by atoms with Crippen molar-refractivity contribution in [3.05, 3.63) is 28.2 Å². The summed E-state index contributed by atoms with van der Waals surface area (Å²) in [5.41, 5.74) is 1.34. The highest BCUT2D eigenvalue weighted by Gasteiger charge is 2.25. The van der Waals surface area contributed by atoms with Gasteiger partial charge in [0.2, 0.25) is 0 Å². The lowest BCUT2D eigenvalue weighted by molar-refractivity contribution is 0.384. The van der Waals surface area contributed by atoms with Crippen molar-refractivity contribution in [3.8, 4) is 5.75 Å². The first-order valence-electron chi connectivity index (χ1n) is 6.88. The van der Waals surface area contributed by atoms with Crippen LogP contribution in [0.25, 0.3) is 0 Å². The van der Waals surface area contributed by atoms with Crippen LogP contribution in [0, 0.1) is 5.92 Å². The van der Waals surface area contributed by atoms with Crippen LogP contribution < -0.4 is 10.1 Å². The number of nitrogens with one attached hydrogen (secondary N) is 1. The number of rotatable bonds is 6. The summed E-state index contributed by atoms with van der Waals surface area (Å²) in [6.07, 6.45) is 2.40. The standard InChI is InChI=1S/C15H22BrNOS/c1-3-17-15(11-6-7-19-10-11)9-12-8-13(18-2)4-5-14(12)16/h4-5,8,11,15,17H,3,6-7,9-10H2,1-2H3. The van der Waals surface area contributed by atoms with E-state index in [0.29, 0.717) is 6.04 Å². The van der Waals surface area contributed by atoms with E-state index in [1.54, 1.807) is 7.11 Å². The maximum absolute atomic E-state index is 5.33. The van der Waals surface area contributed by atoms with E-state index in [1.165, 1.54) is 28.0 Å². The Labute approximate surface area is 128 Å². The van der Waals surface area contributed by atoms with Crippen molar-refractivity contribution in [2.75, 3.05) is 25.2 Å². The summed E-state index contributed by atoms with van der Waals surface area (Å²) in [6.45, 7) is 3.23. The molecule has 2 nitrogen and oxygen atoms in total. The molecule has 0 aliphatic carbocycles. The summed E-state index contributed by atoms with van der Waals surface area (Å²) in [4.78, 5) is 0. The van der Waals surface area contributed by atoms with Crippen LogP contribution in [0.4, 0.5) is 0 Å². The molecule has 1 saturated heterocycles. The predicted octanol–water partition coefficient (Wildman–Crippen LogP) is 3.73. The number of halogens is 1. The van der Waals surface area contributed by atoms with Crippen LogP contribution in [0.3, 0.4) is 0 Å². The molecule has 0 spiro atoms. The minimum Gasteiger partial charge on any atom is -0.497 e. The van der Waals surface area contributed by atoms with E-state index in [1.807, 2.05) is 6.07 Å². The molecule has 1 aliphatic rings. The number of likely N-dealkylation sites (N-methyl/N-ethyl adjacent to an activating group) is 1. The first-order valence-corrected chi connectivity index (χ1v) is 8.83. The first kappa shape index (κ1) is 15.2. The van der Waals surface area contributed by atoms with E-state index < -0.39 is 0 Å². The summed E-state index contributed by atoms with van der Waals surface area (Å²) in [5, 5.41) is 3.66. The van der Waals surface area contributed by atoms with Crippen LogP contribution in [0.1, 0.15) is 18.9 Å². The second-order valence-corrected chi connectivity index (χ2v) is 6.95. The number of ether oxygens (including phenoxy) is 1. The molecule has 0 aromatic heterocycles. The van der Waals surface area contributed by atoms with Crippen molar-refractivity contribution in [1.82, 2.24) is 5.32 Å². The molecule has 1 N–H and O–H groups in total. The lowest BCUT2D eigenvalue weighted by Crippen LogP contribution is -2.38. The molecular weight excluding hydrogens is 322 g/mol. The highest BCUT2D eigenvalue weighted by Crippen LogP contribution is 2.30. The fourth-order valence-electron chi connectivity index (χ4n) is 2.61. The predicted molar refractivity (Wildman–Crippen MR) is 87.3 cm³/mol. The van der Waals surface area contributed by atoms with Gasteiger partial charge < -0.3 is 10.1 Å². The third-order valence-electron chi connectivity index (χ3n) is 3.69. The number of hydrogen-bond donors (Lipinski definition) is 1. The van der Waals surface area contributed by atoms with Gasteiger partial charge in [0.15, 0.2) is 0 Å². The molecule has 0 saturated carbocycles. The van der Waals surface area contributed by atoms with Crippen LogP contribution in [0.2, 0.25) is 0 Å². The normalized spacial score (nSPS) is 20.5. The molecule has 1 aliphatic heterocycles. The second-order valence-electron chi connectivity index (χ2n) is 4.95. The summed E-state index contributed by atoms with van der Waals surface area (Å²) in [6, 6.07) is 6.81. The van der Waals surface area contributed by atoms with Crippen LogP contribution in [-0.4, -0.2) is 31.2 Å². The van der Waals surface area contributed by atoms with E-state index in [0.717, 1.165) is 24.6 Å². The van der Waals surface area contributed by atoms with E-state index in [4.69, 9.17) is 4.74 Å². The second kappa shape index (κ2) is 7.55. The maximum atomic E-state index is 5.33. The molecule has 106 valence electrons. The largest absolute Gasteiger partial charge is 0.497 e. The van der Waals surface area contributed by atoms with Crippen LogP contribution >= 0.6 is 27.7 Å². The number of thioether (sulfide) groups is 1. The van der Waals surface area contributed by atoms with Gasteiger partial charge in [-0.15, -0.1) is 0 Å². The van der Waals surface area contributed by atoms with Crippen molar-refractivity contribution in [2.45, 2.75) is 25.8 Å². The van der Waals surface area contributed by atoms with Gasteiger partial charge in [0, 0.05) is 10.5 Å². The lowest BCUT2D eigenvalue weighted by Gasteiger charge is -2.24. The number of hydrogen-bond acceptors (Lipinski definition) is 3. The van der Waals surface area contributed by atoms with Crippen LogP contribution in [0.5, 0.6) is 5.75 Å². The molecule has 4 heteroatoms. The average Bonchev–Trinajstić information content (AvgIpc) is 2.94. The lowest BCUT2D eigenvalue weighted by atomic mass is 9.93. The topological polar surface area (TPSA) is 21.3 Å². The molecule has 1 aromatic rings. The zero-order valence-electron chi connectivity index (χ0n) is 11.6. The van der Waals surface area contributed by atoms with Gasteiger partial charge in [0.05, 0.1) is 7.11 Å². The summed E-state index contributed by atoms with van der Waals surface area (Å²) in [5.74, 6) is 4.34. The molecular formula is C15H22BrNOS. The Morgan fingerprint density at radius 1 is 1.53 bits per heavy atom. The minimum atomic E-state index is 0.573. The van der Waals surface area contributed by atoms with Gasteiger partial charge in [0.25, 0.3) is 0 Å². The SMILES string of the molecule is CCNC(Cc1cc(OC)ccc1Br)C1CCSC1. The third-order valence-corrected chi connectivity index (χ3v) is 5.65. The van der Waals surface area contributed by atoms with Gasteiger partial charge in [-0.2, -0.15) is 11.8 Å². The molecule has 19 heavy (non-hydrogen) atoms. The van der Waals surface area contributed by atoms with Gasteiger partial charge in [-0.3, -0.25) is 0 Å². The summed E-state index contributed by atoms with van der Waals surface area (Å²) in [7, 11) is 1.72. The summed E-state index contributed by atoms with van der Waals surface area (Å²) < 4.78 is 6.51.